The van der Waals surface area contributed by atoms with Crippen LogP contribution in [0.1, 0.15) is 36.7 Å². The second kappa shape index (κ2) is 7.64. The van der Waals surface area contributed by atoms with Crippen LogP contribution < -0.4 is 10.6 Å². The minimum Gasteiger partial charge on any atom is -0.357 e. The van der Waals surface area contributed by atoms with Crippen molar-refractivity contribution >= 4 is 5.96 Å². The molecule has 1 aliphatic carbocycles. The van der Waals surface area contributed by atoms with Crippen LogP contribution in [0.25, 0.3) is 0 Å². The number of rotatable bonds is 6. The number of benzene rings is 1. The summed E-state index contributed by atoms with van der Waals surface area (Å²) in [6, 6.07) is 12.9. The largest absolute Gasteiger partial charge is 0.357 e. The van der Waals surface area contributed by atoms with Crippen LogP contribution in [0.2, 0.25) is 0 Å². The topological polar surface area (TPSA) is 49.3 Å². The molecule has 2 N–H and O–H groups in total. The molecule has 0 aliphatic heterocycles. The molecule has 25 heavy (non-hydrogen) atoms. The van der Waals surface area contributed by atoms with E-state index in [9.17, 15) is 4.39 Å². The Labute approximate surface area is 148 Å². The Morgan fingerprint density at radius 2 is 2.00 bits per heavy atom. The monoisotopic (exact) mass is 340 g/mol. The first kappa shape index (κ1) is 17.4. The van der Waals surface area contributed by atoms with Gasteiger partial charge in [-0.05, 0) is 56.5 Å². The summed E-state index contributed by atoms with van der Waals surface area (Å²) >= 11 is 0. The average Bonchev–Trinajstić information content (AvgIpc) is 3.39. The molecular formula is C20H25FN4. The third-order valence-corrected chi connectivity index (χ3v) is 4.57. The van der Waals surface area contributed by atoms with Gasteiger partial charge in [-0.25, -0.2) is 9.38 Å². The average molecular weight is 340 g/mol. The Bertz CT molecular complexity index is 753. The van der Waals surface area contributed by atoms with Crippen LogP contribution in [0.15, 0.2) is 47.5 Å². The molecule has 0 saturated heterocycles. The van der Waals surface area contributed by atoms with Crippen LogP contribution in [-0.2, 0) is 12.0 Å². The first-order chi connectivity index (χ1) is 12.1. The van der Waals surface area contributed by atoms with Crippen LogP contribution >= 0.6 is 0 Å². The Hall–Kier alpha value is -2.43. The van der Waals surface area contributed by atoms with E-state index in [0.717, 1.165) is 48.8 Å². The lowest BCUT2D eigenvalue weighted by molar-refractivity contribution is 0.607. The molecular weight excluding hydrogens is 315 g/mol. The Kier molecular flexibility index (Phi) is 5.31. The van der Waals surface area contributed by atoms with E-state index < -0.39 is 0 Å². The maximum absolute atomic E-state index is 13.5. The highest BCUT2D eigenvalue weighted by atomic mass is 19.1. The number of pyridine rings is 1. The molecule has 0 amide bonds. The molecule has 1 aromatic heterocycles. The molecule has 0 atom stereocenters. The van der Waals surface area contributed by atoms with Crippen LogP contribution in [-0.4, -0.2) is 24.0 Å². The van der Waals surface area contributed by atoms with Gasteiger partial charge in [-0.1, -0.05) is 18.2 Å². The molecule has 4 nitrogen and oxygen atoms in total. The van der Waals surface area contributed by atoms with Crippen LogP contribution in [0.5, 0.6) is 0 Å². The fourth-order valence-electron chi connectivity index (χ4n) is 2.98. The predicted octanol–water partition coefficient (Wildman–Crippen LogP) is 3.32. The molecule has 2 aromatic rings. The van der Waals surface area contributed by atoms with E-state index in [2.05, 4.69) is 20.6 Å². The number of hydrogen-bond acceptors (Lipinski definition) is 2. The van der Waals surface area contributed by atoms with Gasteiger partial charge in [-0.2, -0.15) is 0 Å². The smallest absolute Gasteiger partial charge is 0.191 e. The first-order valence-electron chi connectivity index (χ1n) is 8.82. The zero-order chi connectivity index (χ0) is 17.7. The van der Waals surface area contributed by atoms with Gasteiger partial charge in [0.05, 0.1) is 12.2 Å². The summed E-state index contributed by atoms with van der Waals surface area (Å²) < 4.78 is 13.5. The number of aliphatic imine (C=N–C) groups is 1. The van der Waals surface area contributed by atoms with Crippen molar-refractivity contribution in [1.29, 1.82) is 0 Å². The Morgan fingerprint density at radius 1 is 1.20 bits per heavy atom. The fourth-order valence-corrected chi connectivity index (χ4v) is 2.98. The lowest BCUT2D eigenvalue weighted by Crippen LogP contribution is -2.41. The summed E-state index contributed by atoms with van der Waals surface area (Å²) in [5.41, 5.74) is 3.04. The summed E-state index contributed by atoms with van der Waals surface area (Å²) in [6.07, 6.45) is 2.14. The van der Waals surface area contributed by atoms with Crippen molar-refractivity contribution in [1.82, 2.24) is 15.6 Å². The molecule has 132 valence electrons. The summed E-state index contributed by atoms with van der Waals surface area (Å²) in [5.74, 6) is 0.600. The Balaban J connectivity index is 1.65. The second-order valence-corrected chi connectivity index (χ2v) is 6.61. The summed E-state index contributed by atoms with van der Waals surface area (Å²) in [4.78, 5) is 9.10. The van der Waals surface area contributed by atoms with Gasteiger partial charge in [0.2, 0.25) is 0 Å². The highest BCUT2D eigenvalue weighted by molar-refractivity contribution is 5.79. The molecule has 0 bridgehead atoms. The maximum atomic E-state index is 13.5. The second-order valence-electron chi connectivity index (χ2n) is 6.61. The molecule has 0 spiro atoms. The van der Waals surface area contributed by atoms with Gasteiger partial charge in [-0.3, -0.25) is 4.98 Å². The number of aryl methyl sites for hydroxylation is 1. The summed E-state index contributed by atoms with van der Waals surface area (Å²) in [6.45, 7) is 6.10. The fraction of sp³-hybridized carbons (Fsp3) is 0.400. The van der Waals surface area contributed by atoms with Gasteiger partial charge >= 0.3 is 0 Å². The first-order valence-corrected chi connectivity index (χ1v) is 8.82. The number of halogens is 1. The quantitative estimate of drug-likeness (QED) is 0.626. The van der Waals surface area contributed by atoms with Crippen molar-refractivity contribution in [3.8, 4) is 0 Å². The van der Waals surface area contributed by atoms with E-state index in [1.165, 1.54) is 6.07 Å². The molecule has 3 rings (SSSR count). The van der Waals surface area contributed by atoms with Gasteiger partial charge in [0.1, 0.15) is 5.82 Å². The van der Waals surface area contributed by atoms with Gasteiger partial charge in [0.15, 0.2) is 5.96 Å². The Morgan fingerprint density at radius 3 is 2.68 bits per heavy atom. The van der Waals surface area contributed by atoms with Crippen molar-refractivity contribution < 1.29 is 4.39 Å². The normalized spacial score (nSPS) is 15.7. The van der Waals surface area contributed by atoms with E-state index >= 15 is 0 Å². The van der Waals surface area contributed by atoms with Gasteiger partial charge < -0.3 is 10.6 Å². The zero-order valence-corrected chi connectivity index (χ0v) is 14.8. The maximum Gasteiger partial charge on any atom is 0.191 e. The highest BCUT2D eigenvalue weighted by Crippen LogP contribution is 2.47. The minimum absolute atomic E-state index is 0.0277. The lowest BCUT2D eigenvalue weighted by atomic mass is 9.96. The number of guanidine groups is 1. The van der Waals surface area contributed by atoms with Crippen molar-refractivity contribution in [2.45, 2.75) is 38.6 Å². The minimum atomic E-state index is -0.171. The molecule has 1 aliphatic rings. The van der Waals surface area contributed by atoms with Crippen molar-refractivity contribution in [3.05, 3.63) is 65.2 Å². The van der Waals surface area contributed by atoms with E-state index in [0.29, 0.717) is 6.54 Å². The van der Waals surface area contributed by atoms with E-state index in [4.69, 9.17) is 0 Å². The van der Waals surface area contributed by atoms with Crippen molar-refractivity contribution in [2.24, 2.45) is 4.99 Å². The summed E-state index contributed by atoms with van der Waals surface area (Å²) in [5, 5.41) is 6.68. The van der Waals surface area contributed by atoms with Gasteiger partial charge in [0, 0.05) is 24.2 Å². The van der Waals surface area contributed by atoms with Crippen LogP contribution in [0.4, 0.5) is 4.39 Å². The molecule has 1 fully saturated rings. The van der Waals surface area contributed by atoms with E-state index in [1.807, 2.05) is 38.1 Å². The molecule has 0 radical (unpaired) electrons. The van der Waals surface area contributed by atoms with E-state index in [-0.39, 0.29) is 11.2 Å². The van der Waals surface area contributed by atoms with Crippen LogP contribution in [0, 0.1) is 12.7 Å². The van der Waals surface area contributed by atoms with E-state index in [1.54, 1.807) is 12.1 Å². The van der Waals surface area contributed by atoms with Gasteiger partial charge in [0.25, 0.3) is 0 Å². The standard InChI is InChI=1S/C20H25FN4/c1-3-22-19(23-13-18-9-4-6-15(2)25-18)24-14-20(10-11-20)16-7-5-8-17(21)12-16/h4-9,12H,3,10-11,13-14H2,1-2H3,(H2,22,23,24). The third kappa shape index (κ3) is 4.56. The van der Waals surface area contributed by atoms with Crippen LogP contribution in [0.3, 0.4) is 0 Å². The van der Waals surface area contributed by atoms with Gasteiger partial charge in [-0.15, -0.1) is 0 Å². The number of aromatic nitrogens is 1. The molecule has 5 heteroatoms. The number of hydrogen-bond donors (Lipinski definition) is 2. The number of nitrogens with zero attached hydrogens (tertiary/aromatic N) is 2. The zero-order valence-electron chi connectivity index (χ0n) is 14.8. The predicted molar refractivity (Wildman–Crippen MR) is 99.1 cm³/mol. The number of nitrogens with one attached hydrogen (secondary N) is 2. The molecule has 1 heterocycles. The molecule has 1 aromatic carbocycles. The molecule has 0 unspecified atom stereocenters. The van der Waals surface area contributed by atoms with Crippen molar-refractivity contribution in [2.75, 3.05) is 13.1 Å². The SMILES string of the molecule is CCNC(=NCc1cccc(C)n1)NCC1(c2cccc(F)c2)CC1. The van der Waals surface area contributed by atoms with Crippen molar-refractivity contribution in [3.63, 3.8) is 0 Å². The third-order valence-electron chi connectivity index (χ3n) is 4.57. The lowest BCUT2D eigenvalue weighted by Gasteiger charge is -2.19. The summed E-state index contributed by atoms with van der Waals surface area (Å²) in [7, 11) is 0. The highest BCUT2D eigenvalue weighted by Gasteiger charge is 2.44. The molecule has 1 saturated carbocycles.